The van der Waals surface area contributed by atoms with E-state index in [1.807, 2.05) is 32.3 Å². The first-order chi connectivity index (χ1) is 10.6. The van der Waals surface area contributed by atoms with Crippen LogP contribution in [0.2, 0.25) is 0 Å². The summed E-state index contributed by atoms with van der Waals surface area (Å²) in [5, 5.41) is 15.4. The van der Waals surface area contributed by atoms with Gasteiger partial charge in [-0.05, 0) is 42.5 Å². The predicted octanol–water partition coefficient (Wildman–Crippen LogP) is -0.306. The summed E-state index contributed by atoms with van der Waals surface area (Å²) in [7, 11) is 3.50. The van der Waals surface area contributed by atoms with Gasteiger partial charge in [-0.2, -0.15) is 0 Å². The van der Waals surface area contributed by atoms with Crippen LogP contribution >= 0.6 is 0 Å². The molecule has 2 rings (SSSR count). The van der Waals surface area contributed by atoms with Crippen LogP contribution in [0, 0.1) is 5.41 Å². The summed E-state index contributed by atoms with van der Waals surface area (Å²) < 4.78 is 0. The number of aromatic nitrogens is 2. The predicted molar refractivity (Wildman–Crippen MR) is 90.5 cm³/mol. The molecule has 0 fully saturated rings. The fourth-order valence-corrected chi connectivity index (χ4v) is 2.06. The molecule has 0 spiro atoms. The Balaban J connectivity index is 0.00000264. The summed E-state index contributed by atoms with van der Waals surface area (Å²) in [4.78, 5) is 8.14. The summed E-state index contributed by atoms with van der Waals surface area (Å²) in [5.74, 6) is 0.538. The second-order valence-corrected chi connectivity index (χ2v) is 4.78. The zero-order valence-electron chi connectivity index (χ0n) is 13.9. The number of anilines is 1. The molecule has 0 radical (unpaired) electrons. The van der Waals surface area contributed by atoms with Crippen LogP contribution < -0.4 is 69.2 Å². The molecule has 114 valence electrons. The van der Waals surface area contributed by atoms with Crippen LogP contribution in [0.3, 0.4) is 0 Å². The summed E-state index contributed by atoms with van der Waals surface area (Å²) >= 11 is 0. The number of hydrogen-bond acceptors (Lipinski definition) is 5. The number of benzene rings is 1. The average Bonchev–Trinajstić information content (AvgIpc) is 2.55. The van der Waals surface area contributed by atoms with Crippen molar-refractivity contribution in [1.82, 2.24) is 15.3 Å². The van der Waals surface area contributed by atoms with Crippen molar-refractivity contribution >= 4 is 22.8 Å². The minimum atomic E-state index is 0. The Bertz CT molecular complexity index is 726. The molecule has 0 saturated heterocycles. The van der Waals surface area contributed by atoms with Gasteiger partial charge in [0.15, 0.2) is 0 Å². The molecule has 0 unspecified atom stereocenters. The zero-order valence-corrected chi connectivity index (χ0v) is 18.8. The quantitative estimate of drug-likeness (QED) is 0.489. The minimum Gasteiger partial charge on any atom is -0.469 e. The Hall–Kier alpha value is -1.08. The molecule has 23 heavy (non-hydrogen) atoms. The molecular formula is C16H19N6Rb. The van der Waals surface area contributed by atoms with Crippen molar-refractivity contribution in [3.05, 3.63) is 58.9 Å². The van der Waals surface area contributed by atoms with Gasteiger partial charge in [-0.1, -0.05) is 18.9 Å². The SMILES string of the molecule is C[N-]c1cc(C(=N)c2cc(/C(C)=C/NC)ccc2N)ncn1.[Rb+]. The standard InChI is InChI=1S/C16H19N6.Rb/c1-10(8-19-2)11-4-5-13(17)12(6-11)16(18)14-7-15(20-3)22-9-21-14;/h4-9,18-19H,17H2,1-3H3;/q-1;+1/b10-8+,18-16?;. The second kappa shape index (κ2) is 9.27. The molecule has 1 aromatic carbocycles. The Morgan fingerprint density at radius 1 is 1.30 bits per heavy atom. The van der Waals surface area contributed by atoms with Gasteiger partial charge in [0.1, 0.15) is 0 Å². The first-order valence-corrected chi connectivity index (χ1v) is 6.82. The Morgan fingerprint density at radius 2 is 2.04 bits per heavy atom. The van der Waals surface area contributed by atoms with E-state index in [0.29, 0.717) is 22.8 Å². The number of nitrogens with one attached hydrogen (secondary N) is 2. The van der Waals surface area contributed by atoms with E-state index in [0.717, 1.165) is 11.1 Å². The third kappa shape index (κ3) is 4.94. The van der Waals surface area contributed by atoms with Crippen LogP contribution in [-0.4, -0.2) is 29.8 Å². The molecule has 0 bridgehead atoms. The second-order valence-electron chi connectivity index (χ2n) is 4.78. The maximum atomic E-state index is 8.38. The number of nitrogen functional groups attached to an aromatic ring is 1. The summed E-state index contributed by atoms with van der Waals surface area (Å²) in [6, 6.07) is 7.30. The normalized spacial score (nSPS) is 10.7. The fourth-order valence-electron chi connectivity index (χ4n) is 2.06. The molecule has 7 heteroatoms. The third-order valence-electron chi connectivity index (χ3n) is 3.28. The van der Waals surface area contributed by atoms with Gasteiger partial charge in [0.2, 0.25) is 0 Å². The van der Waals surface area contributed by atoms with Crippen molar-refractivity contribution in [3.8, 4) is 0 Å². The Labute approximate surface area is 185 Å². The van der Waals surface area contributed by atoms with Gasteiger partial charge in [0.25, 0.3) is 0 Å². The van der Waals surface area contributed by atoms with E-state index in [1.54, 1.807) is 19.2 Å². The van der Waals surface area contributed by atoms with E-state index < -0.39 is 0 Å². The maximum absolute atomic E-state index is 8.38. The number of rotatable bonds is 5. The summed E-state index contributed by atoms with van der Waals surface area (Å²) in [6.07, 6.45) is 3.30. The zero-order chi connectivity index (χ0) is 16.1. The molecule has 1 heterocycles. The molecule has 4 N–H and O–H groups in total. The molecule has 6 nitrogen and oxygen atoms in total. The van der Waals surface area contributed by atoms with E-state index in [2.05, 4.69) is 20.6 Å². The van der Waals surface area contributed by atoms with Crippen LogP contribution in [-0.2, 0) is 0 Å². The van der Waals surface area contributed by atoms with Crippen LogP contribution in [0.4, 0.5) is 11.5 Å². The van der Waals surface area contributed by atoms with Crippen molar-refractivity contribution in [2.45, 2.75) is 6.92 Å². The average molecular weight is 381 g/mol. The van der Waals surface area contributed by atoms with Crippen molar-refractivity contribution in [3.63, 3.8) is 0 Å². The number of hydrogen-bond donors (Lipinski definition) is 3. The first-order valence-electron chi connectivity index (χ1n) is 6.82. The molecule has 2 aromatic rings. The molecule has 0 aliphatic carbocycles. The molecule has 1 aromatic heterocycles. The largest absolute Gasteiger partial charge is 1.00 e. The van der Waals surface area contributed by atoms with E-state index in [4.69, 9.17) is 11.1 Å². The molecule has 0 atom stereocenters. The maximum Gasteiger partial charge on any atom is 1.00 e. The fraction of sp³-hybridized carbons (Fsp3) is 0.188. The van der Waals surface area contributed by atoms with E-state index in [-0.39, 0.29) is 63.9 Å². The monoisotopic (exact) mass is 380 g/mol. The Morgan fingerprint density at radius 3 is 2.70 bits per heavy atom. The van der Waals surface area contributed by atoms with Gasteiger partial charge in [-0.3, -0.25) is 10.4 Å². The summed E-state index contributed by atoms with van der Waals surface area (Å²) in [6.45, 7) is 1.99. The number of nitrogens with two attached hydrogens (primary N) is 1. The van der Waals surface area contributed by atoms with Gasteiger partial charge in [0.05, 0.1) is 11.4 Å². The van der Waals surface area contributed by atoms with Gasteiger partial charge in [0, 0.05) is 24.6 Å². The smallest absolute Gasteiger partial charge is 0.469 e. The molecule has 0 aliphatic heterocycles. The third-order valence-corrected chi connectivity index (χ3v) is 3.28. The molecule has 0 aliphatic rings. The van der Waals surface area contributed by atoms with Gasteiger partial charge in [-0.15, -0.1) is 0 Å². The molecule has 0 saturated carbocycles. The molecular weight excluding hydrogens is 362 g/mol. The van der Waals surface area contributed by atoms with Crippen LogP contribution in [0.25, 0.3) is 10.9 Å². The Kier molecular flexibility index (Phi) is 8.04. The topological polar surface area (TPSA) is 102 Å². The van der Waals surface area contributed by atoms with E-state index in [1.165, 1.54) is 6.33 Å². The van der Waals surface area contributed by atoms with Gasteiger partial charge >= 0.3 is 58.2 Å². The minimum absolute atomic E-state index is 0. The van der Waals surface area contributed by atoms with Crippen LogP contribution in [0.15, 0.2) is 36.8 Å². The molecule has 0 amide bonds. The van der Waals surface area contributed by atoms with Crippen molar-refractivity contribution in [2.24, 2.45) is 0 Å². The number of allylic oxidation sites excluding steroid dienone is 1. The van der Waals surface area contributed by atoms with E-state index >= 15 is 0 Å². The van der Waals surface area contributed by atoms with E-state index in [9.17, 15) is 0 Å². The van der Waals surface area contributed by atoms with Gasteiger partial charge < -0.3 is 21.4 Å². The van der Waals surface area contributed by atoms with Crippen LogP contribution in [0.5, 0.6) is 0 Å². The summed E-state index contributed by atoms with van der Waals surface area (Å²) in [5.41, 5.74) is 10.0. The van der Waals surface area contributed by atoms with Crippen molar-refractivity contribution in [1.29, 1.82) is 5.41 Å². The first kappa shape index (κ1) is 20.0. The van der Waals surface area contributed by atoms with Crippen molar-refractivity contribution < 1.29 is 58.2 Å². The van der Waals surface area contributed by atoms with Crippen molar-refractivity contribution in [2.75, 3.05) is 19.8 Å². The van der Waals surface area contributed by atoms with Gasteiger partial charge in [-0.25, -0.2) is 0 Å². The number of nitrogens with zero attached hydrogens (tertiary/aromatic N) is 3. The van der Waals surface area contributed by atoms with Crippen LogP contribution in [0.1, 0.15) is 23.7 Å².